The molecular weight excluding hydrogens is 228 g/mol. The third-order valence-corrected chi connectivity index (χ3v) is 4.10. The largest absolute Gasteiger partial charge is 0.378 e. The van der Waals surface area contributed by atoms with E-state index in [0.29, 0.717) is 18.4 Å². The van der Waals surface area contributed by atoms with Gasteiger partial charge in [-0.1, -0.05) is 0 Å². The van der Waals surface area contributed by atoms with E-state index in [2.05, 4.69) is 11.4 Å². The van der Waals surface area contributed by atoms with Crippen molar-refractivity contribution < 1.29 is 9.53 Å². The molecule has 0 bridgehead atoms. The van der Waals surface area contributed by atoms with Gasteiger partial charge in [0.05, 0.1) is 18.1 Å². The molecule has 100 valence electrons. The average molecular weight is 250 g/mol. The van der Waals surface area contributed by atoms with Gasteiger partial charge in [0.2, 0.25) is 5.91 Å². The summed E-state index contributed by atoms with van der Waals surface area (Å²) in [5.74, 6) is 0.608. The molecule has 2 saturated carbocycles. The van der Waals surface area contributed by atoms with E-state index in [1.54, 1.807) is 0 Å². The van der Waals surface area contributed by atoms with Crippen molar-refractivity contribution in [2.24, 2.45) is 11.8 Å². The highest BCUT2D eigenvalue weighted by molar-refractivity contribution is 5.76. The fourth-order valence-electron chi connectivity index (χ4n) is 3.03. The molecule has 0 heterocycles. The maximum Gasteiger partial charge on any atom is 0.220 e. The Morgan fingerprint density at radius 2 is 2.22 bits per heavy atom. The minimum atomic E-state index is 0.0199. The van der Waals surface area contributed by atoms with Crippen molar-refractivity contribution in [2.45, 2.75) is 57.6 Å². The molecule has 0 aliphatic heterocycles. The maximum absolute atomic E-state index is 11.9. The normalized spacial score (nSPS) is 34.7. The molecule has 1 N–H and O–H groups in total. The third-order valence-electron chi connectivity index (χ3n) is 4.10. The van der Waals surface area contributed by atoms with Crippen molar-refractivity contribution in [3.63, 3.8) is 0 Å². The Bertz CT molecular complexity index is 331. The fraction of sp³-hybridized carbons (Fsp3) is 0.857. The van der Waals surface area contributed by atoms with Crippen molar-refractivity contribution in [3.8, 4) is 6.07 Å². The van der Waals surface area contributed by atoms with Crippen LogP contribution < -0.4 is 5.32 Å². The number of nitrogens with one attached hydrogen (secondary N) is 1. The minimum Gasteiger partial charge on any atom is -0.378 e. The summed E-state index contributed by atoms with van der Waals surface area (Å²) in [6, 6.07) is 2.38. The van der Waals surface area contributed by atoms with Crippen LogP contribution in [0.4, 0.5) is 0 Å². The van der Waals surface area contributed by atoms with Crippen LogP contribution >= 0.6 is 0 Å². The number of carbonyl (C=O) groups excluding carboxylic acids is 1. The molecule has 0 aromatic rings. The Labute approximate surface area is 109 Å². The number of amides is 1. The Balaban J connectivity index is 1.66. The lowest BCUT2D eigenvalue weighted by atomic mass is 9.80. The molecule has 0 aromatic heterocycles. The number of hydrogen-bond acceptors (Lipinski definition) is 3. The van der Waals surface area contributed by atoms with E-state index in [0.717, 1.165) is 38.7 Å². The number of carbonyl (C=O) groups is 1. The summed E-state index contributed by atoms with van der Waals surface area (Å²) >= 11 is 0. The second kappa shape index (κ2) is 6.19. The summed E-state index contributed by atoms with van der Waals surface area (Å²) in [6.45, 7) is 2.76. The monoisotopic (exact) mass is 250 g/mol. The molecule has 0 aromatic carbocycles. The van der Waals surface area contributed by atoms with Gasteiger partial charge in [-0.05, 0) is 44.9 Å². The number of hydrogen-bond donors (Lipinski definition) is 1. The number of rotatable bonds is 5. The van der Waals surface area contributed by atoms with Crippen LogP contribution in [-0.2, 0) is 9.53 Å². The van der Waals surface area contributed by atoms with Gasteiger partial charge in [0.25, 0.3) is 0 Å². The molecule has 2 fully saturated rings. The van der Waals surface area contributed by atoms with Gasteiger partial charge in [-0.3, -0.25) is 4.79 Å². The van der Waals surface area contributed by atoms with Crippen LogP contribution in [0.2, 0.25) is 0 Å². The minimum absolute atomic E-state index is 0.0199. The van der Waals surface area contributed by atoms with Gasteiger partial charge in [-0.15, -0.1) is 0 Å². The lowest BCUT2D eigenvalue weighted by Crippen LogP contribution is -2.40. The van der Waals surface area contributed by atoms with Gasteiger partial charge in [0, 0.05) is 19.1 Å². The van der Waals surface area contributed by atoms with E-state index in [1.807, 2.05) is 6.92 Å². The molecule has 0 radical (unpaired) electrons. The summed E-state index contributed by atoms with van der Waals surface area (Å²) in [7, 11) is 0. The lowest BCUT2D eigenvalue weighted by Gasteiger charge is -2.34. The van der Waals surface area contributed by atoms with Crippen molar-refractivity contribution in [1.82, 2.24) is 5.32 Å². The predicted molar refractivity (Wildman–Crippen MR) is 67.6 cm³/mol. The smallest absolute Gasteiger partial charge is 0.220 e. The fourth-order valence-corrected chi connectivity index (χ4v) is 3.03. The molecule has 2 aliphatic rings. The van der Waals surface area contributed by atoms with E-state index >= 15 is 0 Å². The zero-order chi connectivity index (χ0) is 13.0. The molecule has 2 unspecified atom stereocenters. The predicted octanol–water partition coefficient (Wildman–Crippen LogP) is 2.00. The summed E-state index contributed by atoms with van der Waals surface area (Å²) in [6.07, 6.45) is 5.91. The molecule has 2 atom stereocenters. The van der Waals surface area contributed by atoms with Crippen LogP contribution in [0.1, 0.15) is 45.4 Å². The standard InChI is InChI=1S/C14H22N2O2/c1-2-18-12-6-10(7-12)8-14(17)16-13-5-3-4-11(13)9-15/h10-13H,2-8H2,1H3,(H,16,17). The maximum atomic E-state index is 11.9. The summed E-state index contributed by atoms with van der Waals surface area (Å²) in [5.41, 5.74) is 0. The van der Waals surface area contributed by atoms with Crippen LogP contribution in [0.25, 0.3) is 0 Å². The van der Waals surface area contributed by atoms with Crippen LogP contribution in [0.15, 0.2) is 0 Å². The number of nitrogens with zero attached hydrogens (tertiary/aromatic N) is 1. The van der Waals surface area contributed by atoms with Crippen LogP contribution in [-0.4, -0.2) is 24.7 Å². The van der Waals surface area contributed by atoms with Crippen molar-refractivity contribution in [2.75, 3.05) is 6.61 Å². The van der Waals surface area contributed by atoms with Gasteiger partial charge in [0.1, 0.15) is 0 Å². The second-order valence-electron chi connectivity index (χ2n) is 5.46. The van der Waals surface area contributed by atoms with Crippen molar-refractivity contribution >= 4 is 5.91 Å². The van der Waals surface area contributed by atoms with E-state index in [9.17, 15) is 4.79 Å². The van der Waals surface area contributed by atoms with Crippen LogP contribution in [0, 0.1) is 23.2 Å². The first-order valence-electron chi connectivity index (χ1n) is 7.03. The topological polar surface area (TPSA) is 62.1 Å². The van der Waals surface area contributed by atoms with Gasteiger partial charge in [0.15, 0.2) is 0 Å². The quantitative estimate of drug-likeness (QED) is 0.811. The Hall–Kier alpha value is -1.08. The second-order valence-corrected chi connectivity index (χ2v) is 5.46. The molecule has 2 aliphatic carbocycles. The van der Waals surface area contributed by atoms with Crippen LogP contribution in [0.3, 0.4) is 0 Å². The summed E-state index contributed by atoms with van der Waals surface area (Å²) in [5, 5.41) is 12.0. The van der Waals surface area contributed by atoms with Gasteiger partial charge < -0.3 is 10.1 Å². The lowest BCUT2D eigenvalue weighted by molar-refractivity contribution is -0.125. The first kappa shape index (κ1) is 13.4. The Morgan fingerprint density at radius 1 is 1.44 bits per heavy atom. The van der Waals surface area contributed by atoms with E-state index in [-0.39, 0.29) is 17.9 Å². The third kappa shape index (κ3) is 3.23. The summed E-state index contributed by atoms with van der Waals surface area (Å²) in [4.78, 5) is 11.9. The van der Waals surface area contributed by atoms with Gasteiger partial charge >= 0.3 is 0 Å². The summed E-state index contributed by atoms with van der Waals surface area (Å²) < 4.78 is 5.48. The molecule has 4 nitrogen and oxygen atoms in total. The zero-order valence-corrected chi connectivity index (χ0v) is 11.0. The van der Waals surface area contributed by atoms with Gasteiger partial charge in [-0.25, -0.2) is 0 Å². The van der Waals surface area contributed by atoms with E-state index in [4.69, 9.17) is 10.00 Å². The van der Waals surface area contributed by atoms with Gasteiger partial charge in [-0.2, -0.15) is 5.26 Å². The van der Waals surface area contributed by atoms with E-state index in [1.165, 1.54) is 0 Å². The molecule has 4 heteroatoms. The molecular formula is C14H22N2O2. The first-order valence-corrected chi connectivity index (χ1v) is 7.03. The number of nitriles is 1. The molecule has 18 heavy (non-hydrogen) atoms. The number of ether oxygens (including phenoxy) is 1. The molecule has 0 saturated heterocycles. The SMILES string of the molecule is CCOC1CC(CC(=O)NC2CCCC2C#N)C1. The van der Waals surface area contributed by atoms with E-state index < -0.39 is 0 Å². The Morgan fingerprint density at radius 3 is 2.89 bits per heavy atom. The van der Waals surface area contributed by atoms with Crippen molar-refractivity contribution in [3.05, 3.63) is 0 Å². The van der Waals surface area contributed by atoms with Crippen molar-refractivity contribution in [1.29, 1.82) is 5.26 Å². The highest BCUT2D eigenvalue weighted by Crippen LogP contribution is 2.33. The highest BCUT2D eigenvalue weighted by atomic mass is 16.5. The molecule has 1 amide bonds. The molecule has 2 rings (SSSR count). The Kier molecular flexibility index (Phi) is 4.60. The first-order chi connectivity index (χ1) is 8.72. The average Bonchev–Trinajstić information content (AvgIpc) is 2.73. The zero-order valence-electron chi connectivity index (χ0n) is 11.0. The highest BCUT2D eigenvalue weighted by Gasteiger charge is 2.33. The molecule has 0 spiro atoms. The van der Waals surface area contributed by atoms with Crippen LogP contribution in [0.5, 0.6) is 0 Å².